The van der Waals surface area contributed by atoms with Gasteiger partial charge in [-0.2, -0.15) is 0 Å². The molecule has 5 rings (SSSR count). The number of aliphatic imine (C=N–C) groups is 1. The number of amides is 1. The van der Waals surface area contributed by atoms with Crippen LogP contribution in [-0.4, -0.2) is 26.7 Å². The number of aromatic carboxylic acids is 1. The molecule has 1 aliphatic rings. The topological polar surface area (TPSA) is 96.8 Å². The minimum atomic E-state index is -1.10. The number of carbonyl (C=O) groups excluding carboxylic acids is 1. The molecule has 1 aliphatic heterocycles. The first-order chi connectivity index (χ1) is 16.4. The maximum absolute atomic E-state index is 12.7. The second-order valence-corrected chi connectivity index (χ2v) is 9.03. The largest absolute Gasteiger partial charge is 0.475 e. The van der Waals surface area contributed by atoms with Crippen LogP contribution in [-0.2, 0) is 11.3 Å². The number of nitrogens with one attached hydrogen (secondary N) is 1. The number of rotatable bonds is 5. The van der Waals surface area contributed by atoms with Crippen LogP contribution in [0.15, 0.2) is 75.1 Å². The monoisotopic (exact) mass is 471 g/mol. The van der Waals surface area contributed by atoms with Crippen molar-refractivity contribution in [2.24, 2.45) is 4.99 Å². The number of carboxylic acid groups (broad SMARTS) is 1. The van der Waals surface area contributed by atoms with E-state index in [1.807, 2.05) is 73.2 Å². The van der Waals surface area contributed by atoms with E-state index in [0.29, 0.717) is 22.4 Å². The molecule has 4 aromatic rings. The van der Waals surface area contributed by atoms with Gasteiger partial charge in [0, 0.05) is 22.7 Å². The predicted molar refractivity (Wildman–Crippen MR) is 133 cm³/mol. The number of thioether (sulfide) groups is 1. The fourth-order valence-corrected chi connectivity index (χ4v) is 4.68. The summed E-state index contributed by atoms with van der Waals surface area (Å²) in [6, 6.07) is 16.9. The lowest BCUT2D eigenvalue weighted by Crippen LogP contribution is -2.19. The van der Waals surface area contributed by atoms with Gasteiger partial charge in [0.1, 0.15) is 5.76 Å². The molecule has 3 heterocycles. The molecule has 34 heavy (non-hydrogen) atoms. The van der Waals surface area contributed by atoms with Crippen molar-refractivity contribution in [3.63, 3.8) is 0 Å². The van der Waals surface area contributed by atoms with Crippen LogP contribution < -0.4 is 5.32 Å². The maximum Gasteiger partial charge on any atom is 0.371 e. The SMILES string of the molecule is Cc1cccc(N=C2NC(=O)C(=Cc3cn(Cc4ccc(C(=O)O)o4)c4ccccc34)S2)c1C. The summed E-state index contributed by atoms with van der Waals surface area (Å²) in [5.41, 5.74) is 4.89. The number of fused-ring (bicyclic) bond motifs is 1. The quantitative estimate of drug-likeness (QED) is 0.375. The lowest BCUT2D eigenvalue weighted by Gasteiger charge is -2.04. The lowest BCUT2D eigenvalue weighted by atomic mass is 10.1. The molecule has 0 saturated carbocycles. The summed E-state index contributed by atoms with van der Waals surface area (Å²) in [6.45, 7) is 4.42. The number of hydrogen-bond acceptors (Lipinski definition) is 5. The summed E-state index contributed by atoms with van der Waals surface area (Å²) in [5, 5.41) is 13.5. The Kier molecular flexibility index (Phi) is 5.59. The Bertz CT molecular complexity index is 1510. The average Bonchev–Trinajstić information content (AvgIpc) is 3.51. The van der Waals surface area contributed by atoms with Gasteiger partial charge in [-0.3, -0.25) is 4.79 Å². The van der Waals surface area contributed by atoms with Crippen molar-refractivity contribution < 1.29 is 19.1 Å². The number of carbonyl (C=O) groups is 2. The predicted octanol–water partition coefficient (Wildman–Crippen LogP) is 5.49. The summed E-state index contributed by atoms with van der Waals surface area (Å²) < 4.78 is 7.41. The van der Waals surface area contributed by atoms with Gasteiger partial charge >= 0.3 is 5.97 Å². The van der Waals surface area contributed by atoms with Crippen molar-refractivity contribution in [1.82, 2.24) is 9.88 Å². The minimum Gasteiger partial charge on any atom is -0.475 e. The molecule has 0 radical (unpaired) electrons. The molecular weight excluding hydrogens is 450 g/mol. The van der Waals surface area contributed by atoms with E-state index in [0.717, 1.165) is 33.3 Å². The second-order valence-electron chi connectivity index (χ2n) is 8.00. The molecule has 0 aliphatic carbocycles. The lowest BCUT2D eigenvalue weighted by molar-refractivity contribution is -0.115. The average molecular weight is 472 g/mol. The molecule has 2 N–H and O–H groups in total. The van der Waals surface area contributed by atoms with E-state index >= 15 is 0 Å². The minimum absolute atomic E-state index is 0.0940. The van der Waals surface area contributed by atoms with Crippen molar-refractivity contribution in [2.45, 2.75) is 20.4 Å². The van der Waals surface area contributed by atoms with Gasteiger partial charge in [-0.1, -0.05) is 30.3 Å². The van der Waals surface area contributed by atoms with Crippen LogP contribution in [0.4, 0.5) is 5.69 Å². The highest BCUT2D eigenvalue weighted by molar-refractivity contribution is 8.18. The first-order valence-electron chi connectivity index (χ1n) is 10.6. The molecule has 7 nitrogen and oxygen atoms in total. The smallest absolute Gasteiger partial charge is 0.371 e. The van der Waals surface area contributed by atoms with Crippen molar-refractivity contribution in [3.8, 4) is 0 Å². The highest BCUT2D eigenvalue weighted by Gasteiger charge is 2.25. The van der Waals surface area contributed by atoms with Crippen LogP contribution in [0.5, 0.6) is 0 Å². The fourth-order valence-electron chi connectivity index (χ4n) is 3.85. The van der Waals surface area contributed by atoms with Crippen LogP contribution in [0, 0.1) is 13.8 Å². The van der Waals surface area contributed by atoms with E-state index < -0.39 is 5.97 Å². The van der Waals surface area contributed by atoms with Gasteiger partial charge in [0.15, 0.2) is 5.17 Å². The Morgan fingerprint density at radius 3 is 2.76 bits per heavy atom. The number of benzene rings is 2. The Morgan fingerprint density at radius 1 is 1.15 bits per heavy atom. The van der Waals surface area contributed by atoms with Gasteiger partial charge in [0.2, 0.25) is 5.76 Å². The summed E-state index contributed by atoms with van der Waals surface area (Å²) in [5.74, 6) is -0.851. The van der Waals surface area contributed by atoms with Crippen molar-refractivity contribution in [1.29, 1.82) is 0 Å². The van der Waals surface area contributed by atoms with Crippen LogP contribution in [0.25, 0.3) is 17.0 Å². The number of amidine groups is 1. The van der Waals surface area contributed by atoms with Gasteiger partial charge < -0.3 is 19.4 Å². The van der Waals surface area contributed by atoms with Gasteiger partial charge in [-0.15, -0.1) is 0 Å². The van der Waals surface area contributed by atoms with Gasteiger partial charge in [-0.05, 0) is 67.1 Å². The maximum atomic E-state index is 12.7. The van der Waals surface area contributed by atoms with Crippen LogP contribution in [0.1, 0.15) is 33.0 Å². The molecule has 2 aromatic heterocycles. The third-order valence-corrected chi connectivity index (χ3v) is 6.66. The zero-order valence-corrected chi connectivity index (χ0v) is 19.3. The van der Waals surface area contributed by atoms with Gasteiger partial charge in [-0.25, -0.2) is 9.79 Å². The van der Waals surface area contributed by atoms with Crippen LogP contribution >= 0.6 is 11.8 Å². The zero-order valence-electron chi connectivity index (χ0n) is 18.5. The molecule has 8 heteroatoms. The summed E-state index contributed by atoms with van der Waals surface area (Å²) >= 11 is 1.31. The Labute approximate surface area is 199 Å². The molecule has 0 bridgehead atoms. The van der Waals surface area contributed by atoms with E-state index in [4.69, 9.17) is 9.52 Å². The van der Waals surface area contributed by atoms with Crippen molar-refractivity contribution >= 4 is 51.5 Å². The molecular formula is C26H21N3O4S. The number of hydrogen-bond donors (Lipinski definition) is 2. The fraction of sp³-hybridized carbons (Fsp3) is 0.115. The Morgan fingerprint density at radius 2 is 1.97 bits per heavy atom. The van der Waals surface area contributed by atoms with E-state index in [1.54, 1.807) is 6.07 Å². The number of aromatic nitrogens is 1. The third-order valence-electron chi connectivity index (χ3n) is 5.75. The number of nitrogens with zero attached hydrogens (tertiary/aromatic N) is 2. The molecule has 0 spiro atoms. The first kappa shape index (κ1) is 21.8. The Balaban J connectivity index is 1.47. The Hall–Kier alpha value is -4.04. The highest BCUT2D eigenvalue weighted by Crippen LogP contribution is 2.32. The molecule has 2 aromatic carbocycles. The molecule has 170 valence electrons. The van der Waals surface area contributed by atoms with Crippen LogP contribution in [0.3, 0.4) is 0 Å². The summed E-state index contributed by atoms with van der Waals surface area (Å²) in [7, 11) is 0. The second kappa shape index (κ2) is 8.72. The number of para-hydroxylation sites is 1. The molecule has 0 unspecified atom stereocenters. The number of carboxylic acids is 1. The number of aryl methyl sites for hydroxylation is 1. The highest BCUT2D eigenvalue weighted by atomic mass is 32.2. The number of furan rings is 1. The normalized spacial score (nSPS) is 16.0. The van der Waals surface area contributed by atoms with Gasteiger partial charge in [0.05, 0.1) is 17.1 Å². The van der Waals surface area contributed by atoms with Crippen molar-refractivity contribution in [2.75, 3.05) is 0 Å². The molecule has 1 fully saturated rings. The van der Waals surface area contributed by atoms with Gasteiger partial charge in [0.25, 0.3) is 5.91 Å². The molecule has 0 atom stereocenters. The van der Waals surface area contributed by atoms with E-state index in [2.05, 4.69) is 10.3 Å². The standard InChI is InChI=1S/C26H21N3O4S/c1-15-6-5-8-20(16(15)2)27-26-28-24(30)23(34-26)12-17-13-29(21-9-4-3-7-19(17)21)14-18-10-11-22(33-18)25(31)32/h3-13H,14H2,1-2H3,(H,31,32)(H,27,28,30). The van der Waals surface area contributed by atoms with E-state index in [9.17, 15) is 9.59 Å². The third kappa shape index (κ3) is 4.15. The van der Waals surface area contributed by atoms with Crippen LogP contribution in [0.2, 0.25) is 0 Å². The van der Waals surface area contributed by atoms with E-state index in [-0.39, 0.29) is 11.7 Å². The van der Waals surface area contributed by atoms with Crippen molar-refractivity contribution in [3.05, 3.63) is 93.9 Å². The molecule has 1 saturated heterocycles. The molecule has 1 amide bonds. The van der Waals surface area contributed by atoms with E-state index in [1.165, 1.54) is 17.8 Å². The summed E-state index contributed by atoms with van der Waals surface area (Å²) in [6.07, 6.45) is 3.80. The zero-order chi connectivity index (χ0) is 23.8. The first-order valence-corrected chi connectivity index (χ1v) is 11.5. The summed E-state index contributed by atoms with van der Waals surface area (Å²) in [4.78, 5) is 29.0.